The SMILES string of the molecule is O=C1CCC2CN(Cc3ccc(C#CCO)s3)CCC2N1. The Labute approximate surface area is 129 Å². The molecule has 0 radical (unpaired) electrons. The number of rotatable bonds is 2. The fourth-order valence-electron chi connectivity index (χ4n) is 3.21. The molecule has 2 atom stereocenters. The van der Waals surface area contributed by atoms with Crippen molar-refractivity contribution >= 4 is 17.2 Å². The van der Waals surface area contributed by atoms with Crippen LogP contribution < -0.4 is 5.32 Å². The van der Waals surface area contributed by atoms with Gasteiger partial charge in [0, 0.05) is 37.0 Å². The Hall–Kier alpha value is -1.35. The van der Waals surface area contributed by atoms with Crippen molar-refractivity contribution in [2.75, 3.05) is 19.7 Å². The summed E-state index contributed by atoms with van der Waals surface area (Å²) >= 11 is 1.70. The average molecular weight is 304 g/mol. The summed E-state index contributed by atoms with van der Waals surface area (Å²) in [6.07, 6.45) is 2.75. The molecule has 2 unspecified atom stereocenters. The first-order chi connectivity index (χ1) is 10.2. The van der Waals surface area contributed by atoms with E-state index in [4.69, 9.17) is 5.11 Å². The van der Waals surface area contributed by atoms with E-state index in [1.54, 1.807) is 11.3 Å². The minimum absolute atomic E-state index is 0.0891. The highest BCUT2D eigenvalue weighted by Gasteiger charge is 2.33. The summed E-state index contributed by atoms with van der Waals surface area (Å²) in [6.45, 7) is 2.98. The molecule has 0 aromatic carbocycles. The highest BCUT2D eigenvalue weighted by molar-refractivity contribution is 7.12. The van der Waals surface area contributed by atoms with Gasteiger partial charge in [-0.3, -0.25) is 9.69 Å². The molecule has 1 amide bonds. The first-order valence-corrected chi connectivity index (χ1v) is 8.26. The zero-order chi connectivity index (χ0) is 14.7. The fraction of sp³-hybridized carbons (Fsp3) is 0.562. The van der Waals surface area contributed by atoms with E-state index in [1.807, 2.05) is 6.07 Å². The van der Waals surface area contributed by atoms with E-state index in [0.29, 0.717) is 18.4 Å². The molecule has 1 aromatic rings. The summed E-state index contributed by atoms with van der Waals surface area (Å²) in [6, 6.07) is 4.54. The molecule has 0 bridgehead atoms. The van der Waals surface area contributed by atoms with Gasteiger partial charge in [-0.2, -0.15) is 0 Å². The predicted molar refractivity (Wildman–Crippen MR) is 82.8 cm³/mol. The Morgan fingerprint density at radius 2 is 2.33 bits per heavy atom. The van der Waals surface area contributed by atoms with Crippen molar-refractivity contribution in [1.29, 1.82) is 0 Å². The second-order valence-electron chi connectivity index (χ2n) is 5.72. The second kappa shape index (κ2) is 6.61. The molecule has 0 saturated carbocycles. The smallest absolute Gasteiger partial charge is 0.220 e. The minimum atomic E-state index is -0.0891. The maximum atomic E-state index is 11.4. The van der Waals surface area contributed by atoms with Gasteiger partial charge in [0.1, 0.15) is 6.61 Å². The number of aliphatic hydroxyl groups is 1. The van der Waals surface area contributed by atoms with Gasteiger partial charge in [0.05, 0.1) is 4.88 Å². The average Bonchev–Trinajstić information content (AvgIpc) is 2.93. The number of fused-ring (bicyclic) bond motifs is 1. The van der Waals surface area contributed by atoms with E-state index in [1.165, 1.54) is 4.88 Å². The van der Waals surface area contributed by atoms with Crippen LogP contribution in [0.5, 0.6) is 0 Å². The lowest BCUT2D eigenvalue weighted by atomic mass is 9.85. The zero-order valence-corrected chi connectivity index (χ0v) is 12.8. The van der Waals surface area contributed by atoms with Crippen LogP contribution in [-0.4, -0.2) is 41.7 Å². The molecule has 5 heteroatoms. The number of hydrogen-bond acceptors (Lipinski definition) is 4. The van der Waals surface area contributed by atoms with Crippen LogP contribution in [0.25, 0.3) is 0 Å². The molecular weight excluding hydrogens is 284 g/mol. The van der Waals surface area contributed by atoms with Gasteiger partial charge in [0.15, 0.2) is 0 Å². The van der Waals surface area contributed by atoms with Crippen LogP contribution in [0.2, 0.25) is 0 Å². The Kier molecular flexibility index (Phi) is 4.59. The molecule has 4 nitrogen and oxygen atoms in total. The Balaban J connectivity index is 1.56. The Bertz CT molecular complexity index is 572. The van der Waals surface area contributed by atoms with Crippen molar-refractivity contribution in [2.45, 2.75) is 31.8 Å². The van der Waals surface area contributed by atoms with Crippen molar-refractivity contribution in [3.63, 3.8) is 0 Å². The molecule has 21 heavy (non-hydrogen) atoms. The van der Waals surface area contributed by atoms with Gasteiger partial charge in [-0.1, -0.05) is 11.8 Å². The standard InChI is InChI=1S/C16H20N2O2S/c19-9-1-2-13-4-5-14(21-13)11-18-8-7-15-12(10-18)3-6-16(20)17-15/h4-5,12,15,19H,3,6-11H2,(H,17,20). The van der Waals surface area contributed by atoms with Crippen LogP contribution in [0, 0.1) is 17.8 Å². The van der Waals surface area contributed by atoms with Crippen LogP contribution in [-0.2, 0) is 11.3 Å². The molecule has 1 aromatic heterocycles. The fourth-order valence-corrected chi connectivity index (χ4v) is 4.13. The normalized spacial score (nSPS) is 25.7. The van der Waals surface area contributed by atoms with Gasteiger partial charge in [-0.25, -0.2) is 0 Å². The molecule has 112 valence electrons. The van der Waals surface area contributed by atoms with Gasteiger partial charge < -0.3 is 10.4 Å². The minimum Gasteiger partial charge on any atom is -0.384 e. The topological polar surface area (TPSA) is 52.6 Å². The second-order valence-corrected chi connectivity index (χ2v) is 6.89. The van der Waals surface area contributed by atoms with E-state index < -0.39 is 0 Å². The Morgan fingerprint density at radius 3 is 3.19 bits per heavy atom. The van der Waals surface area contributed by atoms with Gasteiger partial charge in [0.2, 0.25) is 5.91 Å². The van der Waals surface area contributed by atoms with Crippen molar-refractivity contribution in [3.05, 3.63) is 21.9 Å². The van der Waals surface area contributed by atoms with Gasteiger partial charge in [-0.05, 0) is 30.9 Å². The lowest BCUT2D eigenvalue weighted by molar-refractivity contribution is -0.125. The quantitative estimate of drug-likeness (QED) is 0.807. The number of hydrogen-bond donors (Lipinski definition) is 2. The van der Waals surface area contributed by atoms with Crippen LogP contribution in [0.15, 0.2) is 12.1 Å². The molecule has 3 heterocycles. The van der Waals surface area contributed by atoms with E-state index in [9.17, 15) is 4.79 Å². The van der Waals surface area contributed by atoms with Gasteiger partial charge in [-0.15, -0.1) is 11.3 Å². The maximum absolute atomic E-state index is 11.4. The molecule has 0 spiro atoms. The first-order valence-electron chi connectivity index (χ1n) is 7.45. The largest absolute Gasteiger partial charge is 0.384 e. The number of thiophene rings is 1. The van der Waals surface area contributed by atoms with Crippen LogP contribution in [0.1, 0.15) is 29.0 Å². The predicted octanol–water partition coefficient (Wildman–Crippen LogP) is 1.19. The number of likely N-dealkylation sites (tertiary alicyclic amines) is 1. The number of carbonyl (C=O) groups is 1. The zero-order valence-electron chi connectivity index (χ0n) is 12.0. The molecule has 0 aliphatic carbocycles. The van der Waals surface area contributed by atoms with Gasteiger partial charge >= 0.3 is 0 Å². The third kappa shape index (κ3) is 3.65. The molecule has 2 N–H and O–H groups in total. The molecular formula is C16H20N2O2S. The van der Waals surface area contributed by atoms with E-state index in [2.05, 4.69) is 28.1 Å². The third-order valence-electron chi connectivity index (χ3n) is 4.24. The third-order valence-corrected chi connectivity index (χ3v) is 5.22. The highest BCUT2D eigenvalue weighted by Crippen LogP contribution is 2.27. The molecule has 2 fully saturated rings. The number of carbonyl (C=O) groups excluding carboxylic acids is 1. The van der Waals surface area contributed by atoms with Crippen molar-refractivity contribution in [1.82, 2.24) is 10.2 Å². The lowest BCUT2D eigenvalue weighted by Gasteiger charge is -2.41. The number of nitrogens with zero attached hydrogens (tertiary/aromatic N) is 1. The summed E-state index contributed by atoms with van der Waals surface area (Å²) in [5.41, 5.74) is 0. The highest BCUT2D eigenvalue weighted by atomic mass is 32.1. The van der Waals surface area contributed by atoms with E-state index in [0.717, 1.165) is 37.4 Å². The van der Waals surface area contributed by atoms with E-state index >= 15 is 0 Å². The van der Waals surface area contributed by atoms with Crippen LogP contribution in [0.4, 0.5) is 0 Å². The van der Waals surface area contributed by atoms with Crippen LogP contribution in [0.3, 0.4) is 0 Å². The monoisotopic (exact) mass is 304 g/mol. The van der Waals surface area contributed by atoms with E-state index in [-0.39, 0.29) is 12.5 Å². The lowest BCUT2D eigenvalue weighted by Crippen LogP contribution is -2.53. The van der Waals surface area contributed by atoms with Crippen molar-refractivity contribution < 1.29 is 9.90 Å². The summed E-state index contributed by atoms with van der Waals surface area (Å²) < 4.78 is 0. The molecule has 2 aliphatic rings. The summed E-state index contributed by atoms with van der Waals surface area (Å²) in [7, 11) is 0. The summed E-state index contributed by atoms with van der Waals surface area (Å²) in [5.74, 6) is 6.46. The number of amides is 1. The number of nitrogens with one attached hydrogen (secondary N) is 1. The molecule has 2 saturated heterocycles. The first kappa shape index (κ1) is 14.6. The van der Waals surface area contributed by atoms with Crippen molar-refractivity contribution in [2.24, 2.45) is 5.92 Å². The Morgan fingerprint density at radius 1 is 1.43 bits per heavy atom. The summed E-state index contributed by atoms with van der Waals surface area (Å²) in [5, 5.41) is 11.8. The molecule has 2 aliphatic heterocycles. The molecule has 3 rings (SSSR count). The number of aliphatic hydroxyl groups excluding tert-OH is 1. The number of piperidine rings is 2. The van der Waals surface area contributed by atoms with Gasteiger partial charge in [0.25, 0.3) is 0 Å². The summed E-state index contributed by atoms with van der Waals surface area (Å²) in [4.78, 5) is 16.2. The van der Waals surface area contributed by atoms with Crippen LogP contribution >= 0.6 is 11.3 Å². The maximum Gasteiger partial charge on any atom is 0.220 e. The van der Waals surface area contributed by atoms with Crippen molar-refractivity contribution in [3.8, 4) is 11.8 Å².